The number of hydrogen-bond donors (Lipinski definition) is 2. The van der Waals surface area contributed by atoms with Crippen LogP contribution in [0.3, 0.4) is 0 Å². The smallest absolute Gasteiger partial charge is 0.242 e. The summed E-state index contributed by atoms with van der Waals surface area (Å²) in [4.78, 5) is 14.0. The van der Waals surface area contributed by atoms with Crippen LogP contribution >= 0.6 is 15.9 Å². The molecule has 1 amide bonds. The van der Waals surface area contributed by atoms with Gasteiger partial charge in [-0.1, -0.05) is 15.9 Å². The van der Waals surface area contributed by atoms with E-state index in [1.807, 2.05) is 12.1 Å². The fourth-order valence-electron chi connectivity index (χ4n) is 2.43. The predicted molar refractivity (Wildman–Crippen MR) is 76.5 cm³/mol. The molecule has 0 saturated carbocycles. The second-order valence-corrected chi connectivity index (χ2v) is 5.40. The van der Waals surface area contributed by atoms with Crippen molar-refractivity contribution in [2.75, 3.05) is 18.5 Å². The van der Waals surface area contributed by atoms with Crippen molar-refractivity contribution in [2.24, 2.45) is 5.73 Å². The Bertz CT molecular complexity index is 450. The van der Waals surface area contributed by atoms with Gasteiger partial charge in [0.2, 0.25) is 5.91 Å². The van der Waals surface area contributed by atoms with Crippen molar-refractivity contribution in [1.29, 1.82) is 0 Å². The third kappa shape index (κ3) is 2.67. The minimum absolute atomic E-state index is 0.0603. The Morgan fingerprint density at radius 1 is 1.56 bits per heavy atom. The van der Waals surface area contributed by atoms with E-state index in [1.165, 1.54) is 0 Å². The average molecular weight is 312 g/mol. The van der Waals surface area contributed by atoms with Crippen LogP contribution < -0.4 is 16.0 Å². The van der Waals surface area contributed by atoms with Crippen molar-refractivity contribution >= 4 is 27.5 Å². The first-order valence-electron chi connectivity index (χ1n) is 6.13. The van der Waals surface area contributed by atoms with Gasteiger partial charge in [-0.2, -0.15) is 0 Å². The van der Waals surface area contributed by atoms with Gasteiger partial charge in [0.15, 0.2) is 0 Å². The monoisotopic (exact) mass is 311 g/mol. The summed E-state index contributed by atoms with van der Waals surface area (Å²) < 4.78 is 1.00. The van der Waals surface area contributed by atoms with E-state index in [0.29, 0.717) is 6.54 Å². The van der Waals surface area contributed by atoms with E-state index in [9.17, 15) is 4.79 Å². The van der Waals surface area contributed by atoms with Crippen LogP contribution in [-0.2, 0) is 11.3 Å². The third-order valence-electron chi connectivity index (χ3n) is 3.31. The first-order valence-corrected chi connectivity index (χ1v) is 6.92. The number of hydrogen-bond acceptors (Lipinski definition) is 3. The summed E-state index contributed by atoms with van der Waals surface area (Å²) in [5, 5.41) is 2.73. The van der Waals surface area contributed by atoms with Crippen LogP contribution in [0.4, 0.5) is 5.69 Å². The maximum Gasteiger partial charge on any atom is 0.242 e. The van der Waals surface area contributed by atoms with Crippen LogP contribution in [0, 0.1) is 0 Å². The minimum atomic E-state index is -0.0603. The zero-order valence-corrected chi connectivity index (χ0v) is 12.0. The molecule has 5 heteroatoms. The molecule has 98 valence electrons. The van der Waals surface area contributed by atoms with Gasteiger partial charge in [0.05, 0.1) is 0 Å². The molecule has 0 radical (unpaired) electrons. The molecule has 0 bridgehead atoms. The van der Waals surface area contributed by atoms with E-state index < -0.39 is 0 Å². The van der Waals surface area contributed by atoms with E-state index >= 15 is 0 Å². The molecule has 4 nitrogen and oxygen atoms in total. The van der Waals surface area contributed by atoms with E-state index in [4.69, 9.17) is 5.73 Å². The van der Waals surface area contributed by atoms with Gasteiger partial charge in [-0.15, -0.1) is 0 Å². The SMILES string of the molecule is CNC(=O)C1CCCN1c1cc(Br)cc(CN)c1. The maximum absolute atomic E-state index is 11.8. The van der Waals surface area contributed by atoms with Gasteiger partial charge in [0, 0.05) is 30.3 Å². The fourth-order valence-corrected chi connectivity index (χ4v) is 2.96. The molecule has 1 fully saturated rings. The Morgan fingerprint density at radius 2 is 2.33 bits per heavy atom. The van der Waals surface area contributed by atoms with Crippen molar-refractivity contribution < 1.29 is 4.79 Å². The molecule has 1 aromatic carbocycles. The summed E-state index contributed by atoms with van der Waals surface area (Å²) in [5.41, 5.74) is 7.83. The second kappa shape index (κ2) is 5.71. The number of nitrogens with one attached hydrogen (secondary N) is 1. The molecule has 2 rings (SSSR count). The van der Waals surface area contributed by atoms with Crippen molar-refractivity contribution in [3.8, 4) is 0 Å². The summed E-state index contributed by atoms with van der Waals surface area (Å²) in [7, 11) is 1.69. The van der Waals surface area contributed by atoms with Gasteiger partial charge in [0.1, 0.15) is 6.04 Å². The lowest BCUT2D eigenvalue weighted by Crippen LogP contribution is -2.42. The summed E-state index contributed by atoms with van der Waals surface area (Å²) in [6.45, 7) is 1.42. The predicted octanol–water partition coefficient (Wildman–Crippen LogP) is 1.62. The Balaban J connectivity index is 2.29. The highest BCUT2D eigenvalue weighted by atomic mass is 79.9. The van der Waals surface area contributed by atoms with E-state index in [0.717, 1.165) is 35.1 Å². The maximum atomic E-state index is 11.8. The Kier molecular flexibility index (Phi) is 4.24. The van der Waals surface area contributed by atoms with Gasteiger partial charge in [-0.05, 0) is 36.6 Å². The first-order chi connectivity index (χ1) is 8.65. The summed E-state index contributed by atoms with van der Waals surface area (Å²) in [6, 6.07) is 6.05. The highest BCUT2D eigenvalue weighted by Gasteiger charge is 2.30. The number of carbonyl (C=O) groups excluding carboxylic acids is 1. The van der Waals surface area contributed by atoms with Gasteiger partial charge < -0.3 is 16.0 Å². The van der Waals surface area contributed by atoms with Crippen molar-refractivity contribution in [2.45, 2.75) is 25.4 Å². The topological polar surface area (TPSA) is 58.4 Å². The van der Waals surface area contributed by atoms with Crippen LogP contribution in [0.15, 0.2) is 22.7 Å². The molecule has 0 aliphatic carbocycles. The number of likely N-dealkylation sites (N-methyl/N-ethyl adjacent to an activating group) is 1. The molecule has 1 aliphatic rings. The second-order valence-electron chi connectivity index (χ2n) is 4.49. The number of benzene rings is 1. The first kappa shape index (κ1) is 13.4. The zero-order valence-electron chi connectivity index (χ0n) is 10.4. The standard InChI is InChI=1S/C13H18BrN3O/c1-16-13(18)12-3-2-4-17(12)11-6-9(8-15)5-10(14)7-11/h5-7,12H,2-4,8,15H2,1H3,(H,16,18). The van der Waals surface area contributed by atoms with Crippen LogP contribution in [0.25, 0.3) is 0 Å². The number of amides is 1. The zero-order chi connectivity index (χ0) is 13.1. The lowest BCUT2D eigenvalue weighted by molar-refractivity contribution is -0.121. The summed E-state index contributed by atoms with van der Waals surface area (Å²) >= 11 is 3.49. The molecule has 3 N–H and O–H groups in total. The molecular weight excluding hydrogens is 294 g/mol. The van der Waals surface area contributed by atoms with Crippen LogP contribution in [-0.4, -0.2) is 25.5 Å². The molecule has 1 aromatic rings. The van der Waals surface area contributed by atoms with Crippen LogP contribution in [0.2, 0.25) is 0 Å². The molecule has 1 saturated heterocycles. The largest absolute Gasteiger partial charge is 0.359 e. The van der Waals surface area contributed by atoms with E-state index in [2.05, 4.69) is 32.2 Å². The fraction of sp³-hybridized carbons (Fsp3) is 0.462. The summed E-state index contributed by atoms with van der Waals surface area (Å²) in [6.07, 6.45) is 1.95. The van der Waals surface area contributed by atoms with Crippen molar-refractivity contribution in [3.63, 3.8) is 0 Å². The van der Waals surface area contributed by atoms with Gasteiger partial charge in [-0.3, -0.25) is 4.79 Å². The molecular formula is C13H18BrN3O. The van der Waals surface area contributed by atoms with Crippen molar-refractivity contribution in [1.82, 2.24) is 5.32 Å². The molecule has 1 heterocycles. The number of carbonyl (C=O) groups is 1. The van der Waals surface area contributed by atoms with E-state index in [1.54, 1.807) is 7.05 Å². The third-order valence-corrected chi connectivity index (χ3v) is 3.77. The number of anilines is 1. The molecule has 0 spiro atoms. The highest BCUT2D eigenvalue weighted by molar-refractivity contribution is 9.10. The minimum Gasteiger partial charge on any atom is -0.359 e. The molecule has 1 atom stereocenters. The van der Waals surface area contributed by atoms with Crippen LogP contribution in [0.1, 0.15) is 18.4 Å². The van der Waals surface area contributed by atoms with Gasteiger partial charge in [0.25, 0.3) is 0 Å². The average Bonchev–Trinajstić information content (AvgIpc) is 2.86. The quantitative estimate of drug-likeness (QED) is 0.892. The normalized spacial score (nSPS) is 19.1. The molecule has 1 aliphatic heterocycles. The molecule has 0 aromatic heterocycles. The van der Waals surface area contributed by atoms with Crippen molar-refractivity contribution in [3.05, 3.63) is 28.2 Å². The Labute approximate surface area is 116 Å². The Morgan fingerprint density at radius 3 is 3.00 bits per heavy atom. The highest BCUT2D eigenvalue weighted by Crippen LogP contribution is 2.29. The summed E-state index contributed by atoms with van der Waals surface area (Å²) in [5.74, 6) is 0.0850. The lowest BCUT2D eigenvalue weighted by Gasteiger charge is -2.26. The van der Waals surface area contributed by atoms with Gasteiger partial charge in [-0.25, -0.2) is 0 Å². The molecule has 1 unspecified atom stereocenters. The van der Waals surface area contributed by atoms with E-state index in [-0.39, 0.29) is 11.9 Å². The number of halogens is 1. The lowest BCUT2D eigenvalue weighted by atomic mass is 10.1. The Hall–Kier alpha value is -1.07. The number of rotatable bonds is 3. The number of nitrogens with zero attached hydrogens (tertiary/aromatic N) is 1. The van der Waals surface area contributed by atoms with Gasteiger partial charge >= 0.3 is 0 Å². The van der Waals surface area contributed by atoms with Crippen LogP contribution in [0.5, 0.6) is 0 Å². The molecule has 18 heavy (non-hydrogen) atoms. The number of nitrogens with two attached hydrogens (primary N) is 1.